The summed E-state index contributed by atoms with van der Waals surface area (Å²) in [7, 11) is 4.56. The Morgan fingerprint density at radius 2 is 2.00 bits per heavy atom. The van der Waals surface area contributed by atoms with Crippen molar-refractivity contribution in [2.24, 2.45) is 0 Å². The topological polar surface area (TPSA) is 85.3 Å². The van der Waals surface area contributed by atoms with Crippen LogP contribution in [-0.4, -0.2) is 61.9 Å². The van der Waals surface area contributed by atoms with Gasteiger partial charge in [0.15, 0.2) is 0 Å². The molecule has 126 valence electrons. The summed E-state index contributed by atoms with van der Waals surface area (Å²) in [6.07, 6.45) is 0.240. The van der Waals surface area contributed by atoms with E-state index in [9.17, 15) is 9.59 Å². The number of methoxy groups -OCH3 is 3. The van der Waals surface area contributed by atoms with Crippen LogP contribution in [0, 0.1) is 0 Å². The Hall–Kier alpha value is -2.28. The van der Waals surface area contributed by atoms with E-state index < -0.39 is 12.0 Å². The molecule has 1 N–H and O–H groups in total. The molecule has 2 unspecified atom stereocenters. The number of nitrogens with zero attached hydrogens (tertiary/aromatic N) is 1. The van der Waals surface area contributed by atoms with Gasteiger partial charge in [0, 0.05) is 25.8 Å². The highest BCUT2D eigenvalue weighted by Gasteiger charge is 2.37. The van der Waals surface area contributed by atoms with Crippen LogP contribution in [0.3, 0.4) is 0 Å². The lowest BCUT2D eigenvalue weighted by Crippen LogP contribution is -2.37. The molecule has 1 saturated heterocycles. The molecule has 0 radical (unpaired) electrons. The van der Waals surface area contributed by atoms with Gasteiger partial charge in [-0.15, -0.1) is 0 Å². The van der Waals surface area contributed by atoms with E-state index in [1.807, 2.05) is 0 Å². The molecule has 1 amide bonds. The summed E-state index contributed by atoms with van der Waals surface area (Å²) in [5, 5.41) is 9.05. The normalized spacial score (nSPS) is 20.4. The number of carboxylic acids is 1. The maximum Gasteiger partial charge on any atom is 0.305 e. The lowest BCUT2D eigenvalue weighted by molar-refractivity contribution is -0.137. The first kappa shape index (κ1) is 17.1. The number of likely N-dealkylation sites (tertiary alicyclic amines) is 1. The van der Waals surface area contributed by atoms with Crippen molar-refractivity contribution in [2.45, 2.75) is 25.0 Å². The minimum Gasteiger partial charge on any atom is -0.497 e. The molecule has 0 bridgehead atoms. The van der Waals surface area contributed by atoms with Gasteiger partial charge in [-0.05, 0) is 18.6 Å². The van der Waals surface area contributed by atoms with Crippen molar-refractivity contribution in [3.8, 4) is 11.5 Å². The zero-order valence-corrected chi connectivity index (χ0v) is 13.4. The summed E-state index contributed by atoms with van der Waals surface area (Å²) >= 11 is 0. The maximum atomic E-state index is 12.8. The number of carbonyl (C=O) groups is 2. The molecule has 7 heteroatoms. The molecule has 1 fully saturated rings. The maximum absolute atomic E-state index is 12.8. The van der Waals surface area contributed by atoms with E-state index in [-0.39, 0.29) is 18.4 Å². The molecule has 7 nitrogen and oxygen atoms in total. The van der Waals surface area contributed by atoms with Crippen LogP contribution in [0.5, 0.6) is 11.5 Å². The smallest absolute Gasteiger partial charge is 0.305 e. The van der Waals surface area contributed by atoms with Gasteiger partial charge in [0.2, 0.25) is 0 Å². The van der Waals surface area contributed by atoms with Crippen LogP contribution in [0.15, 0.2) is 18.2 Å². The highest BCUT2D eigenvalue weighted by Crippen LogP contribution is 2.30. The molecule has 2 rings (SSSR count). The summed E-state index contributed by atoms with van der Waals surface area (Å²) in [5.41, 5.74) is 0.375. The van der Waals surface area contributed by atoms with Gasteiger partial charge in [0.25, 0.3) is 5.91 Å². The molecule has 23 heavy (non-hydrogen) atoms. The van der Waals surface area contributed by atoms with Gasteiger partial charge in [-0.1, -0.05) is 0 Å². The summed E-state index contributed by atoms with van der Waals surface area (Å²) in [5.74, 6) is -0.234. The van der Waals surface area contributed by atoms with E-state index in [1.54, 1.807) is 30.2 Å². The highest BCUT2D eigenvalue weighted by atomic mass is 16.5. The Morgan fingerprint density at radius 3 is 2.57 bits per heavy atom. The largest absolute Gasteiger partial charge is 0.497 e. The second kappa shape index (κ2) is 7.32. The van der Waals surface area contributed by atoms with Crippen LogP contribution in [-0.2, 0) is 9.53 Å². The minimum atomic E-state index is -0.939. The summed E-state index contributed by atoms with van der Waals surface area (Å²) in [6.45, 7) is 0.364. The van der Waals surface area contributed by atoms with Crippen LogP contribution in [0.25, 0.3) is 0 Å². The fourth-order valence-electron chi connectivity index (χ4n) is 2.82. The van der Waals surface area contributed by atoms with Crippen LogP contribution >= 0.6 is 0 Å². The molecule has 1 heterocycles. The quantitative estimate of drug-likeness (QED) is 0.852. The number of ether oxygens (including phenoxy) is 3. The Labute approximate surface area is 134 Å². The average molecular weight is 323 g/mol. The van der Waals surface area contributed by atoms with E-state index in [4.69, 9.17) is 19.3 Å². The minimum absolute atomic E-state index is 0.107. The number of amides is 1. The SMILES string of the molecule is COc1ccc(C(=O)N2CC(OC)CC2CC(=O)O)c(OC)c1. The first-order chi connectivity index (χ1) is 11.0. The molecule has 0 aromatic heterocycles. The lowest BCUT2D eigenvalue weighted by Gasteiger charge is -2.24. The summed E-state index contributed by atoms with van der Waals surface area (Å²) in [6, 6.07) is 4.53. The van der Waals surface area contributed by atoms with Crippen molar-refractivity contribution in [2.75, 3.05) is 27.9 Å². The molecule has 2 atom stereocenters. The van der Waals surface area contributed by atoms with E-state index in [0.29, 0.717) is 30.0 Å². The third kappa shape index (κ3) is 3.73. The van der Waals surface area contributed by atoms with Crippen LogP contribution in [0.2, 0.25) is 0 Å². The van der Waals surface area contributed by atoms with Crippen molar-refractivity contribution >= 4 is 11.9 Å². The van der Waals surface area contributed by atoms with Crippen molar-refractivity contribution in [3.63, 3.8) is 0 Å². The van der Waals surface area contributed by atoms with Gasteiger partial charge in [-0.25, -0.2) is 0 Å². The highest BCUT2D eigenvalue weighted by molar-refractivity contribution is 5.97. The third-order valence-electron chi connectivity index (χ3n) is 4.02. The molecule has 1 aromatic rings. The van der Waals surface area contributed by atoms with Crippen molar-refractivity contribution in [1.29, 1.82) is 0 Å². The first-order valence-electron chi connectivity index (χ1n) is 7.27. The van der Waals surface area contributed by atoms with Gasteiger partial charge in [0.05, 0.1) is 32.3 Å². The average Bonchev–Trinajstić information content (AvgIpc) is 2.95. The number of hydrogen-bond donors (Lipinski definition) is 1. The Kier molecular flexibility index (Phi) is 5.44. The predicted octanol–water partition coefficient (Wildman–Crippen LogP) is 1.41. The Bertz CT molecular complexity index is 588. The molecular weight excluding hydrogens is 302 g/mol. The number of carboxylic acid groups (broad SMARTS) is 1. The van der Waals surface area contributed by atoms with Crippen LogP contribution < -0.4 is 9.47 Å². The molecule has 0 saturated carbocycles. The van der Waals surface area contributed by atoms with Crippen molar-refractivity contribution < 1.29 is 28.9 Å². The number of aliphatic carboxylic acids is 1. The fraction of sp³-hybridized carbons (Fsp3) is 0.500. The molecule has 1 aliphatic heterocycles. The number of carbonyl (C=O) groups excluding carboxylic acids is 1. The number of rotatable bonds is 6. The molecular formula is C16H21NO6. The molecule has 0 aliphatic carbocycles. The zero-order chi connectivity index (χ0) is 17.0. The lowest BCUT2D eigenvalue weighted by atomic mass is 10.1. The van der Waals surface area contributed by atoms with Gasteiger partial charge in [-0.2, -0.15) is 0 Å². The number of benzene rings is 1. The zero-order valence-electron chi connectivity index (χ0n) is 13.4. The monoisotopic (exact) mass is 323 g/mol. The second-order valence-corrected chi connectivity index (χ2v) is 5.37. The van der Waals surface area contributed by atoms with Crippen molar-refractivity contribution in [3.05, 3.63) is 23.8 Å². The van der Waals surface area contributed by atoms with Gasteiger partial charge in [-0.3, -0.25) is 9.59 Å². The predicted molar refractivity (Wildman–Crippen MR) is 82.0 cm³/mol. The van der Waals surface area contributed by atoms with Gasteiger partial charge in [0.1, 0.15) is 11.5 Å². The molecule has 1 aliphatic rings. The van der Waals surface area contributed by atoms with Crippen LogP contribution in [0.1, 0.15) is 23.2 Å². The van der Waals surface area contributed by atoms with Crippen molar-refractivity contribution in [1.82, 2.24) is 4.90 Å². The standard InChI is InChI=1S/C16H21NO6/c1-21-11-4-5-13(14(8-11)23-3)16(20)17-9-12(22-2)6-10(17)7-15(18)19/h4-5,8,10,12H,6-7,9H2,1-3H3,(H,18,19). The fourth-order valence-corrected chi connectivity index (χ4v) is 2.82. The Balaban J connectivity index is 2.28. The third-order valence-corrected chi connectivity index (χ3v) is 4.02. The van der Waals surface area contributed by atoms with Gasteiger partial charge >= 0.3 is 5.97 Å². The van der Waals surface area contributed by atoms with E-state index in [2.05, 4.69) is 0 Å². The molecule has 1 aromatic carbocycles. The number of hydrogen-bond acceptors (Lipinski definition) is 5. The first-order valence-corrected chi connectivity index (χ1v) is 7.27. The van der Waals surface area contributed by atoms with E-state index in [1.165, 1.54) is 14.2 Å². The summed E-state index contributed by atoms with van der Waals surface area (Å²) < 4.78 is 15.7. The van der Waals surface area contributed by atoms with E-state index in [0.717, 1.165) is 0 Å². The second-order valence-electron chi connectivity index (χ2n) is 5.37. The van der Waals surface area contributed by atoms with E-state index >= 15 is 0 Å². The van der Waals surface area contributed by atoms with Gasteiger partial charge < -0.3 is 24.2 Å². The summed E-state index contributed by atoms with van der Waals surface area (Å²) in [4.78, 5) is 25.4. The van der Waals surface area contributed by atoms with Crippen LogP contribution in [0.4, 0.5) is 0 Å². The molecule has 0 spiro atoms. The Morgan fingerprint density at radius 1 is 1.26 bits per heavy atom.